The maximum Gasteiger partial charge on any atom is 0.312 e. The van der Waals surface area contributed by atoms with Crippen LogP contribution < -0.4 is 5.32 Å². The van der Waals surface area contributed by atoms with Crippen molar-refractivity contribution in [2.75, 3.05) is 12.8 Å². The molecule has 1 rings (SSSR count). The van der Waals surface area contributed by atoms with Gasteiger partial charge in [-0.15, -0.1) is 0 Å². The molecule has 0 bridgehead atoms. The minimum absolute atomic E-state index is 0.000893. The zero-order valence-corrected chi connectivity index (χ0v) is 12.2. The van der Waals surface area contributed by atoms with E-state index in [1.54, 1.807) is 11.8 Å². The number of carbonyl (C=O) groups excluding carboxylic acids is 1. The van der Waals surface area contributed by atoms with Crippen molar-refractivity contribution in [3.8, 4) is 0 Å². The molecule has 20 heavy (non-hydrogen) atoms. The molecular formula is C14H18FNO3S. The van der Waals surface area contributed by atoms with Gasteiger partial charge in [-0.05, 0) is 24.0 Å². The minimum Gasteiger partial charge on any atom is -0.481 e. The van der Waals surface area contributed by atoms with Crippen molar-refractivity contribution in [1.82, 2.24) is 5.32 Å². The van der Waals surface area contributed by atoms with Gasteiger partial charge in [0.25, 0.3) is 0 Å². The molecule has 2 N–H and O–H groups in total. The maximum absolute atomic E-state index is 12.8. The number of carboxylic acids is 1. The Balaban J connectivity index is 2.62. The van der Waals surface area contributed by atoms with Gasteiger partial charge in [-0.1, -0.05) is 19.1 Å². The van der Waals surface area contributed by atoms with Crippen LogP contribution in [0.25, 0.3) is 0 Å². The van der Waals surface area contributed by atoms with Crippen LogP contribution in [0.4, 0.5) is 4.39 Å². The van der Waals surface area contributed by atoms with Gasteiger partial charge in [0.2, 0.25) is 5.91 Å². The van der Waals surface area contributed by atoms with Gasteiger partial charge in [-0.3, -0.25) is 9.59 Å². The molecule has 0 aliphatic carbocycles. The molecule has 0 heterocycles. The minimum atomic E-state index is -1.05. The smallest absolute Gasteiger partial charge is 0.312 e. The van der Waals surface area contributed by atoms with Crippen molar-refractivity contribution in [2.24, 2.45) is 0 Å². The van der Waals surface area contributed by atoms with E-state index < -0.39 is 17.7 Å². The van der Waals surface area contributed by atoms with Gasteiger partial charge < -0.3 is 10.4 Å². The molecular weight excluding hydrogens is 281 g/mol. The molecule has 2 unspecified atom stereocenters. The Bertz CT molecular complexity index is 464. The topological polar surface area (TPSA) is 66.4 Å². The fourth-order valence-electron chi connectivity index (χ4n) is 1.68. The summed E-state index contributed by atoms with van der Waals surface area (Å²) in [5.41, 5.74) is 0.470. The second-order valence-electron chi connectivity index (χ2n) is 4.50. The van der Waals surface area contributed by atoms with Crippen LogP contribution in [0.3, 0.4) is 0 Å². The molecule has 0 aliphatic heterocycles. The summed E-state index contributed by atoms with van der Waals surface area (Å²) in [6.45, 7) is 1.93. The molecule has 1 amide bonds. The van der Waals surface area contributed by atoms with Crippen LogP contribution in [-0.2, 0) is 9.59 Å². The van der Waals surface area contributed by atoms with Crippen LogP contribution in [0.2, 0.25) is 0 Å². The van der Waals surface area contributed by atoms with E-state index in [1.165, 1.54) is 24.3 Å². The molecule has 0 saturated heterocycles. The lowest BCUT2D eigenvalue weighted by Crippen LogP contribution is -2.32. The number of aliphatic carboxylic acids is 1. The molecule has 0 aliphatic rings. The fraction of sp³-hybridized carbons (Fsp3) is 0.429. The Kier molecular flexibility index (Phi) is 6.51. The lowest BCUT2D eigenvalue weighted by Gasteiger charge is -2.15. The van der Waals surface area contributed by atoms with Gasteiger partial charge in [0, 0.05) is 18.2 Å². The van der Waals surface area contributed by atoms with Crippen molar-refractivity contribution in [3.63, 3.8) is 0 Å². The SMILES string of the molecule is CSC(C)CC(=O)NCC(C(=O)O)c1ccc(F)cc1. The third kappa shape index (κ3) is 5.21. The molecule has 110 valence electrons. The first kappa shape index (κ1) is 16.5. The number of hydrogen-bond acceptors (Lipinski definition) is 3. The van der Waals surface area contributed by atoms with E-state index in [1.807, 2.05) is 13.2 Å². The summed E-state index contributed by atoms with van der Waals surface area (Å²) in [7, 11) is 0. The van der Waals surface area contributed by atoms with Crippen molar-refractivity contribution in [2.45, 2.75) is 24.5 Å². The van der Waals surface area contributed by atoms with E-state index in [4.69, 9.17) is 0 Å². The summed E-state index contributed by atoms with van der Waals surface area (Å²) in [4.78, 5) is 22.9. The zero-order chi connectivity index (χ0) is 15.1. The van der Waals surface area contributed by atoms with Crippen molar-refractivity contribution in [3.05, 3.63) is 35.6 Å². The maximum atomic E-state index is 12.8. The van der Waals surface area contributed by atoms with Crippen molar-refractivity contribution >= 4 is 23.6 Å². The van der Waals surface area contributed by atoms with Crippen LogP contribution in [0, 0.1) is 5.82 Å². The van der Waals surface area contributed by atoms with E-state index in [0.717, 1.165) is 0 Å². The second kappa shape index (κ2) is 7.89. The first-order chi connectivity index (χ1) is 9.43. The Hall–Kier alpha value is -1.56. The van der Waals surface area contributed by atoms with Crippen LogP contribution in [-0.4, -0.2) is 35.0 Å². The molecule has 0 aromatic heterocycles. The molecule has 0 saturated carbocycles. The van der Waals surface area contributed by atoms with Gasteiger partial charge in [-0.2, -0.15) is 11.8 Å². The van der Waals surface area contributed by atoms with E-state index >= 15 is 0 Å². The average Bonchev–Trinajstić information content (AvgIpc) is 2.40. The third-order valence-electron chi connectivity index (χ3n) is 2.95. The summed E-state index contributed by atoms with van der Waals surface area (Å²) in [6.07, 6.45) is 2.26. The lowest BCUT2D eigenvalue weighted by molar-refractivity contribution is -0.138. The van der Waals surface area contributed by atoms with E-state index in [0.29, 0.717) is 12.0 Å². The average molecular weight is 299 g/mol. The van der Waals surface area contributed by atoms with Crippen molar-refractivity contribution < 1.29 is 19.1 Å². The number of nitrogens with one attached hydrogen (secondary N) is 1. The predicted octanol–water partition coefficient (Wildman–Crippen LogP) is 2.25. The molecule has 0 fully saturated rings. The lowest BCUT2D eigenvalue weighted by atomic mass is 9.99. The van der Waals surface area contributed by atoms with Crippen LogP contribution in [0.1, 0.15) is 24.8 Å². The van der Waals surface area contributed by atoms with Crippen LogP contribution in [0.15, 0.2) is 24.3 Å². The Labute approximate surface area is 121 Å². The van der Waals surface area contributed by atoms with E-state index in [2.05, 4.69) is 5.32 Å². The number of carbonyl (C=O) groups is 2. The number of thioether (sulfide) groups is 1. The predicted molar refractivity (Wildman–Crippen MR) is 77.4 cm³/mol. The quantitative estimate of drug-likeness (QED) is 0.810. The highest BCUT2D eigenvalue weighted by Gasteiger charge is 2.21. The summed E-state index contributed by atoms with van der Waals surface area (Å²) >= 11 is 1.57. The Morgan fingerprint density at radius 1 is 1.35 bits per heavy atom. The zero-order valence-electron chi connectivity index (χ0n) is 11.4. The normalized spacial score (nSPS) is 13.6. The summed E-state index contributed by atoms with van der Waals surface area (Å²) in [5.74, 6) is -2.52. The Morgan fingerprint density at radius 3 is 2.45 bits per heavy atom. The van der Waals surface area contributed by atoms with Gasteiger partial charge in [0.05, 0.1) is 5.92 Å². The van der Waals surface area contributed by atoms with Crippen LogP contribution >= 0.6 is 11.8 Å². The second-order valence-corrected chi connectivity index (χ2v) is 5.77. The number of amides is 1. The van der Waals surface area contributed by atoms with Gasteiger partial charge >= 0.3 is 5.97 Å². The number of benzene rings is 1. The molecule has 0 radical (unpaired) electrons. The number of halogens is 1. The first-order valence-corrected chi connectivity index (χ1v) is 7.50. The monoisotopic (exact) mass is 299 g/mol. The van der Waals surface area contributed by atoms with Crippen LogP contribution in [0.5, 0.6) is 0 Å². The third-order valence-corrected chi connectivity index (χ3v) is 3.92. The van der Waals surface area contributed by atoms with Crippen molar-refractivity contribution in [1.29, 1.82) is 0 Å². The fourth-order valence-corrected chi connectivity index (χ4v) is 1.99. The molecule has 0 spiro atoms. The highest BCUT2D eigenvalue weighted by Crippen LogP contribution is 2.16. The number of rotatable bonds is 7. The molecule has 1 aromatic rings. The van der Waals surface area contributed by atoms with Gasteiger partial charge in [0.1, 0.15) is 5.82 Å². The highest BCUT2D eigenvalue weighted by molar-refractivity contribution is 7.99. The van der Waals surface area contributed by atoms with Gasteiger partial charge in [-0.25, -0.2) is 4.39 Å². The first-order valence-electron chi connectivity index (χ1n) is 6.21. The van der Waals surface area contributed by atoms with E-state index in [9.17, 15) is 19.1 Å². The molecule has 2 atom stereocenters. The number of carboxylic acid groups (broad SMARTS) is 1. The standard InChI is InChI=1S/C14H18FNO3S/c1-9(20-2)7-13(17)16-8-12(14(18)19)10-3-5-11(15)6-4-10/h3-6,9,12H,7-8H2,1-2H3,(H,16,17)(H,18,19). The molecule has 4 nitrogen and oxygen atoms in total. The molecule has 6 heteroatoms. The highest BCUT2D eigenvalue weighted by atomic mass is 32.2. The Morgan fingerprint density at radius 2 is 1.95 bits per heavy atom. The van der Waals surface area contributed by atoms with Gasteiger partial charge in [0.15, 0.2) is 0 Å². The molecule has 1 aromatic carbocycles. The summed E-state index contributed by atoms with van der Waals surface area (Å²) in [5, 5.41) is 12.0. The summed E-state index contributed by atoms with van der Waals surface area (Å²) < 4.78 is 12.8. The largest absolute Gasteiger partial charge is 0.481 e. The summed E-state index contributed by atoms with van der Waals surface area (Å²) in [6, 6.07) is 5.27. The number of hydrogen-bond donors (Lipinski definition) is 2. The van der Waals surface area contributed by atoms with E-state index in [-0.39, 0.29) is 17.7 Å².